The molecule has 0 aromatic heterocycles. The molecule has 2 rings (SSSR count). The molecule has 0 bridgehead atoms. The first-order valence-corrected chi connectivity index (χ1v) is 9.26. The van der Waals surface area contributed by atoms with Crippen LogP contribution in [0.4, 0.5) is 5.69 Å². The topological polar surface area (TPSA) is 67.4 Å². The van der Waals surface area contributed by atoms with Crippen molar-refractivity contribution >= 4 is 33.4 Å². The molecule has 0 spiro atoms. The molecule has 6 heteroatoms. The Morgan fingerprint density at radius 1 is 1.08 bits per heavy atom. The zero-order valence-electron chi connectivity index (χ0n) is 15.1. The van der Waals surface area contributed by atoms with Gasteiger partial charge in [-0.15, -0.1) is 0 Å². The molecule has 0 aliphatic heterocycles. The van der Waals surface area contributed by atoms with Gasteiger partial charge in [0.05, 0.1) is 12.2 Å². The number of nitrogens with one attached hydrogen (secondary N) is 2. The number of hydrogen-bond acceptors (Lipinski definition) is 3. The summed E-state index contributed by atoms with van der Waals surface area (Å²) in [5, 5.41) is 5.40. The lowest BCUT2D eigenvalue weighted by molar-refractivity contribution is 0.0962. The minimum Gasteiger partial charge on any atom is -0.493 e. The van der Waals surface area contributed by atoms with Gasteiger partial charge in [0.15, 0.2) is 0 Å². The molecule has 2 amide bonds. The second kappa shape index (κ2) is 9.38. The van der Waals surface area contributed by atoms with E-state index < -0.39 is 0 Å². The SMILES string of the molecule is CNC(=O)c1ccc(NC(=O)c2cc(Br)ccc2OCCC(C)C)cc1. The minimum absolute atomic E-state index is 0.171. The zero-order chi connectivity index (χ0) is 19.1. The van der Waals surface area contributed by atoms with Gasteiger partial charge < -0.3 is 15.4 Å². The number of anilines is 1. The van der Waals surface area contributed by atoms with E-state index in [1.807, 2.05) is 6.07 Å². The molecule has 0 atom stereocenters. The van der Waals surface area contributed by atoms with Crippen LogP contribution in [0.5, 0.6) is 5.75 Å². The Labute approximate surface area is 162 Å². The molecule has 0 heterocycles. The summed E-state index contributed by atoms with van der Waals surface area (Å²) in [6, 6.07) is 12.1. The van der Waals surface area contributed by atoms with Crippen molar-refractivity contribution < 1.29 is 14.3 Å². The summed E-state index contributed by atoms with van der Waals surface area (Å²) in [6.07, 6.45) is 0.915. The zero-order valence-corrected chi connectivity index (χ0v) is 16.7. The summed E-state index contributed by atoms with van der Waals surface area (Å²) >= 11 is 3.39. The molecule has 2 aromatic rings. The fourth-order valence-corrected chi connectivity index (χ4v) is 2.62. The van der Waals surface area contributed by atoms with Crippen LogP contribution in [-0.2, 0) is 0 Å². The van der Waals surface area contributed by atoms with E-state index in [2.05, 4.69) is 40.4 Å². The number of benzene rings is 2. The third-order valence-electron chi connectivity index (χ3n) is 3.77. The fourth-order valence-electron chi connectivity index (χ4n) is 2.26. The second-order valence-corrected chi connectivity index (χ2v) is 7.20. The largest absolute Gasteiger partial charge is 0.493 e. The Hall–Kier alpha value is -2.34. The quantitative estimate of drug-likeness (QED) is 0.695. The molecular formula is C20H23BrN2O3. The van der Waals surface area contributed by atoms with Crippen LogP contribution in [0.3, 0.4) is 0 Å². The average molecular weight is 419 g/mol. The van der Waals surface area contributed by atoms with E-state index >= 15 is 0 Å². The van der Waals surface area contributed by atoms with Gasteiger partial charge in [-0.1, -0.05) is 29.8 Å². The van der Waals surface area contributed by atoms with Gasteiger partial charge in [-0.3, -0.25) is 9.59 Å². The summed E-state index contributed by atoms with van der Waals surface area (Å²) in [7, 11) is 1.58. The Morgan fingerprint density at radius 2 is 1.77 bits per heavy atom. The van der Waals surface area contributed by atoms with Crippen LogP contribution >= 0.6 is 15.9 Å². The van der Waals surface area contributed by atoms with E-state index in [9.17, 15) is 9.59 Å². The van der Waals surface area contributed by atoms with Crippen LogP contribution in [0, 0.1) is 5.92 Å². The molecule has 0 radical (unpaired) electrons. The maximum atomic E-state index is 12.7. The number of carbonyl (C=O) groups excluding carboxylic acids is 2. The Kier molecular flexibility index (Phi) is 7.21. The van der Waals surface area contributed by atoms with Crippen LogP contribution in [-0.4, -0.2) is 25.5 Å². The van der Waals surface area contributed by atoms with Crippen LogP contribution in [0.1, 0.15) is 41.0 Å². The van der Waals surface area contributed by atoms with Crippen molar-refractivity contribution in [3.63, 3.8) is 0 Å². The van der Waals surface area contributed by atoms with Gasteiger partial charge in [0.1, 0.15) is 5.75 Å². The minimum atomic E-state index is -0.265. The lowest BCUT2D eigenvalue weighted by Crippen LogP contribution is -2.18. The first kappa shape index (κ1) is 20.0. The highest BCUT2D eigenvalue weighted by Gasteiger charge is 2.14. The van der Waals surface area contributed by atoms with Gasteiger partial charge in [-0.2, -0.15) is 0 Å². The average Bonchev–Trinajstić information content (AvgIpc) is 2.62. The number of ether oxygens (including phenoxy) is 1. The highest BCUT2D eigenvalue weighted by Crippen LogP contribution is 2.25. The van der Waals surface area contributed by atoms with E-state index in [1.54, 1.807) is 43.4 Å². The predicted octanol–water partition coefficient (Wildman–Crippen LogP) is 4.49. The summed E-state index contributed by atoms with van der Waals surface area (Å²) in [6.45, 7) is 4.81. The molecule has 5 nitrogen and oxygen atoms in total. The summed E-state index contributed by atoms with van der Waals surface area (Å²) in [4.78, 5) is 24.2. The van der Waals surface area contributed by atoms with Gasteiger partial charge >= 0.3 is 0 Å². The standard InChI is InChI=1S/C20H23BrN2O3/c1-13(2)10-11-26-18-9-6-15(21)12-17(18)20(25)23-16-7-4-14(5-8-16)19(24)22-3/h4-9,12-13H,10-11H2,1-3H3,(H,22,24)(H,23,25). The van der Waals surface area contributed by atoms with Gasteiger partial charge in [0.2, 0.25) is 0 Å². The molecule has 26 heavy (non-hydrogen) atoms. The van der Waals surface area contributed by atoms with Crippen molar-refractivity contribution in [3.05, 3.63) is 58.1 Å². The summed E-state index contributed by atoms with van der Waals surface area (Å²) in [5.74, 6) is 0.643. The van der Waals surface area contributed by atoms with Crippen molar-refractivity contribution in [2.45, 2.75) is 20.3 Å². The van der Waals surface area contributed by atoms with Crippen molar-refractivity contribution in [2.24, 2.45) is 5.92 Å². The smallest absolute Gasteiger partial charge is 0.259 e. The molecule has 2 N–H and O–H groups in total. The van der Waals surface area contributed by atoms with E-state index in [-0.39, 0.29) is 11.8 Å². The van der Waals surface area contributed by atoms with Gasteiger partial charge in [0.25, 0.3) is 11.8 Å². The van der Waals surface area contributed by atoms with Gasteiger partial charge in [-0.25, -0.2) is 0 Å². The Morgan fingerprint density at radius 3 is 2.38 bits per heavy atom. The molecule has 2 aromatic carbocycles. The summed E-state index contributed by atoms with van der Waals surface area (Å²) in [5.41, 5.74) is 1.60. The van der Waals surface area contributed by atoms with Crippen LogP contribution in [0.15, 0.2) is 46.9 Å². The molecule has 0 fully saturated rings. The normalized spacial score (nSPS) is 10.5. The lowest BCUT2D eigenvalue weighted by atomic mass is 10.1. The van der Waals surface area contributed by atoms with Crippen LogP contribution < -0.4 is 15.4 Å². The molecule has 0 aliphatic carbocycles. The van der Waals surface area contributed by atoms with E-state index in [0.29, 0.717) is 35.1 Å². The van der Waals surface area contributed by atoms with Crippen LogP contribution in [0.25, 0.3) is 0 Å². The third-order valence-corrected chi connectivity index (χ3v) is 4.26. The molecule has 0 saturated heterocycles. The maximum Gasteiger partial charge on any atom is 0.259 e. The van der Waals surface area contributed by atoms with Crippen molar-refractivity contribution in [3.8, 4) is 5.75 Å². The van der Waals surface area contributed by atoms with E-state index in [4.69, 9.17) is 4.74 Å². The highest BCUT2D eigenvalue weighted by atomic mass is 79.9. The van der Waals surface area contributed by atoms with Crippen molar-refractivity contribution in [2.75, 3.05) is 19.0 Å². The number of rotatable bonds is 7. The van der Waals surface area contributed by atoms with E-state index in [0.717, 1.165) is 10.9 Å². The molecular weight excluding hydrogens is 396 g/mol. The van der Waals surface area contributed by atoms with Crippen molar-refractivity contribution in [1.29, 1.82) is 0 Å². The Balaban J connectivity index is 2.13. The molecule has 0 saturated carbocycles. The number of amides is 2. The molecule has 0 unspecified atom stereocenters. The lowest BCUT2D eigenvalue weighted by Gasteiger charge is -2.13. The molecule has 0 aliphatic rings. The predicted molar refractivity (Wildman–Crippen MR) is 107 cm³/mol. The first-order valence-electron chi connectivity index (χ1n) is 8.46. The maximum absolute atomic E-state index is 12.7. The number of hydrogen-bond donors (Lipinski definition) is 2. The highest BCUT2D eigenvalue weighted by molar-refractivity contribution is 9.10. The number of carbonyl (C=O) groups is 2. The van der Waals surface area contributed by atoms with Gasteiger partial charge in [0, 0.05) is 22.8 Å². The monoisotopic (exact) mass is 418 g/mol. The third kappa shape index (κ3) is 5.59. The first-order chi connectivity index (χ1) is 12.4. The number of halogens is 1. The Bertz CT molecular complexity index is 773. The van der Waals surface area contributed by atoms with E-state index in [1.165, 1.54) is 0 Å². The fraction of sp³-hybridized carbons (Fsp3) is 0.300. The second-order valence-electron chi connectivity index (χ2n) is 6.28. The molecule has 138 valence electrons. The van der Waals surface area contributed by atoms with Gasteiger partial charge in [-0.05, 0) is 54.8 Å². The van der Waals surface area contributed by atoms with Crippen molar-refractivity contribution in [1.82, 2.24) is 5.32 Å². The van der Waals surface area contributed by atoms with Crippen LogP contribution in [0.2, 0.25) is 0 Å². The summed E-state index contributed by atoms with van der Waals surface area (Å²) < 4.78 is 6.59.